The molecule has 4 nitrogen and oxygen atoms in total. The minimum absolute atomic E-state index is 0.0861. The molecule has 8 heteroatoms. The fraction of sp³-hybridized carbons (Fsp3) is 0.733. The first-order valence-corrected chi connectivity index (χ1v) is 8.65. The smallest absolute Gasteiger partial charge is 0.334 e. The lowest BCUT2D eigenvalue weighted by atomic mass is 9.96. The van der Waals surface area contributed by atoms with Gasteiger partial charge in [0.2, 0.25) is 5.91 Å². The van der Waals surface area contributed by atoms with E-state index >= 15 is 0 Å². The Balaban J connectivity index is 1.96. The number of carbonyl (C=O) groups excluding carboxylic acids is 1. The average molecular weight is 349 g/mol. The zero-order valence-corrected chi connectivity index (χ0v) is 14.2. The quantitative estimate of drug-likeness (QED) is 0.820. The molecule has 1 fully saturated rings. The third kappa shape index (κ3) is 5.17. The van der Waals surface area contributed by atoms with Crippen LogP contribution in [0.1, 0.15) is 30.3 Å². The van der Waals surface area contributed by atoms with Crippen LogP contribution >= 0.6 is 11.3 Å². The Kier molecular flexibility index (Phi) is 6.02. The summed E-state index contributed by atoms with van der Waals surface area (Å²) in [7, 11) is 0. The van der Waals surface area contributed by atoms with E-state index in [4.69, 9.17) is 0 Å². The van der Waals surface area contributed by atoms with Gasteiger partial charge in [-0.3, -0.25) is 9.69 Å². The van der Waals surface area contributed by atoms with Gasteiger partial charge in [-0.05, 0) is 33.2 Å². The van der Waals surface area contributed by atoms with Crippen LogP contribution in [-0.2, 0) is 11.3 Å². The van der Waals surface area contributed by atoms with Gasteiger partial charge in [0.15, 0.2) is 0 Å². The highest BCUT2D eigenvalue weighted by Crippen LogP contribution is 2.24. The van der Waals surface area contributed by atoms with E-state index in [9.17, 15) is 18.0 Å². The van der Waals surface area contributed by atoms with Crippen LogP contribution in [0.15, 0.2) is 5.51 Å². The normalized spacial score (nSPS) is 19.8. The predicted octanol–water partition coefficient (Wildman–Crippen LogP) is 3.07. The number of aryl methyl sites for hydroxylation is 1. The van der Waals surface area contributed by atoms with Gasteiger partial charge in [0, 0.05) is 24.5 Å². The number of rotatable bonds is 5. The van der Waals surface area contributed by atoms with Gasteiger partial charge in [-0.2, -0.15) is 13.2 Å². The molecule has 1 aromatic rings. The highest BCUT2D eigenvalue weighted by molar-refractivity contribution is 7.09. The molecule has 1 amide bonds. The molecule has 0 aliphatic carbocycles. The molecular weight excluding hydrogens is 327 g/mol. The van der Waals surface area contributed by atoms with Crippen molar-refractivity contribution in [3.8, 4) is 0 Å². The third-order valence-corrected chi connectivity index (χ3v) is 5.05. The molecule has 1 unspecified atom stereocenters. The Hall–Kier alpha value is -1.15. The minimum Gasteiger partial charge on any atom is -0.334 e. The summed E-state index contributed by atoms with van der Waals surface area (Å²) < 4.78 is 37.8. The number of thiazole rings is 1. The lowest BCUT2D eigenvalue weighted by molar-refractivity contribution is -0.164. The van der Waals surface area contributed by atoms with Crippen LogP contribution in [0.5, 0.6) is 0 Å². The molecule has 0 N–H and O–H groups in total. The summed E-state index contributed by atoms with van der Waals surface area (Å²) >= 11 is 1.57. The molecule has 1 aliphatic rings. The summed E-state index contributed by atoms with van der Waals surface area (Å²) in [5, 5.41) is 0. The monoisotopic (exact) mass is 349 g/mol. The molecule has 0 aromatic carbocycles. The zero-order chi connectivity index (χ0) is 17.0. The number of amides is 1. The number of carbonyl (C=O) groups is 1. The fourth-order valence-electron chi connectivity index (χ4n) is 2.90. The van der Waals surface area contributed by atoms with Gasteiger partial charge >= 0.3 is 6.18 Å². The molecule has 2 rings (SSSR count). The van der Waals surface area contributed by atoms with Crippen molar-refractivity contribution in [2.75, 3.05) is 26.2 Å². The van der Waals surface area contributed by atoms with Crippen LogP contribution in [0, 0.1) is 12.8 Å². The predicted molar refractivity (Wildman–Crippen MR) is 83.2 cm³/mol. The summed E-state index contributed by atoms with van der Waals surface area (Å²) in [5.41, 5.74) is 2.77. The molecule has 1 saturated heterocycles. The van der Waals surface area contributed by atoms with E-state index in [1.165, 1.54) is 0 Å². The minimum atomic E-state index is -4.35. The number of aromatic nitrogens is 1. The van der Waals surface area contributed by atoms with Crippen molar-refractivity contribution < 1.29 is 18.0 Å². The largest absolute Gasteiger partial charge is 0.406 e. The van der Waals surface area contributed by atoms with Crippen LogP contribution in [-0.4, -0.2) is 53.0 Å². The first kappa shape index (κ1) is 18.2. The highest BCUT2D eigenvalue weighted by Gasteiger charge is 2.36. The van der Waals surface area contributed by atoms with E-state index in [-0.39, 0.29) is 18.4 Å². The van der Waals surface area contributed by atoms with E-state index in [2.05, 4.69) is 9.88 Å². The Morgan fingerprint density at radius 1 is 1.52 bits per heavy atom. The number of likely N-dealkylation sites (tertiary alicyclic amines) is 1. The van der Waals surface area contributed by atoms with E-state index in [0.29, 0.717) is 19.5 Å². The first-order valence-electron chi connectivity index (χ1n) is 7.77. The summed E-state index contributed by atoms with van der Waals surface area (Å²) in [6.07, 6.45) is -2.86. The van der Waals surface area contributed by atoms with Crippen molar-refractivity contribution in [1.29, 1.82) is 0 Å². The van der Waals surface area contributed by atoms with Crippen LogP contribution in [0.4, 0.5) is 13.2 Å². The lowest BCUT2D eigenvalue weighted by Gasteiger charge is -2.34. The summed E-state index contributed by atoms with van der Waals surface area (Å²) in [5.74, 6) is -0.727. The van der Waals surface area contributed by atoms with Crippen molar-refractivity contribution in [2.24, 2.45) is 5.92 Å². The van der Waals surface area contributed by atoms with E-state index in [1.54, 1.807) is 23.8 Å². The molecular formula is C15H22F3N3OS. The van der Waals surface area contributed by atoms with Gasteiger partial charge in [0.05, 0.1) is 17.1 Å². The van der Waals surface area contributed by atoms with Gasteiger partial charge in [0.25, 0.3) is 0 Å². The van der Waals surface area contributed by atoms with Gasteiger partial charge < -0.3 is 4.90 Å². The highest BCUT2D eigenvalue weighted by atomic mass is 32.1. The van der Waals surface area contributed by atoms with Gasteiger partial charge in [0.1, 0.15) is 6.54 Å². The maximum atomic E-state index is 12.6. The van der Waals surface area contributed by atoms with Crippen LogP contribution in [0.3, 0.4) is 0 Å². The SMILES string of the molecule is CCN(CC(F)(F)F)C(=O)C1CCCN(Cc2scnc2C)C1. The molecule has 1 aromatic heterocycles. The number of halogens is 3. The molecule has 0 bridgehead atoms. The number of nitrogens with zero attached hydrogens (tertiary/aromatic N) is 3. The van der Waals surface area contributed by atoms with Crippen molar-refractivity contribution in [1.82, 2.24) is 14.8 Å². The summed E-state index contributed by atoms with van der Waals surface area (Å²) in [6.45, 7) is 4.56. The molecule has 1 aliphatic heterocycles. The van der Waals surface area contributed by atoms with Crippen LogP contribution < -0.4 is 0 Å². The molecule has 0 spiro atoms. The molecule has 23 heavy (non-hydrogen) atoms. The summed E-state index contributed by atoms with van der Waals surface area (Å²) in [4.78, 5) is 20.8. The number of hydrogen-bond donors (Lipinski definition) is 0. The van der Waals surface area contributed by atoms with Crippen molar-refractivity contribution >= 4 is 17.2 Å². The average Bonchev–Trinajstić information content (AvgIpc) is 2.89. The number of alkyl halides is 3. The Morgan fingerprint density at radius 3 is 2.83 bits per heavy atom. The van der Waals surface area contributed by atoms with E-state index < -0.39 is 12.7 Å². The van der Waals surface area contributed by atoms with Crippen LogP contribution in [0.2, 0.25) is 0 Å². The number of hydrogen-bond acceptors (Lipinski definition) is 4. The lowest BCUT2D eigenvalue weighted by Crippen LogP contribution is -2.47. The molecule has 2 heterocycles. The van der Waals surface area contributed by atoms with Gasteiger partial charge in [-0.25, -0.2) is 4.98 Å². The Bertz CT molecular complexity index is 532. The second-order valence-electron chi connectivity index (χ2n) is 5.90. The van der Waals surface area contributed by atoms with Crippen molar-refractivity contribution in [2.45, 2.75) is 39.4 Å². The molecule has 1 atom stereocenters. The van der Waals surface area contributed by atoms with Gasteiger partial charge in [-0.15, -0.1) is 11.3 Å². The number of piperidine rings is 1. The Morgan fingerprint density at radius 2 is 2.26 bits per heavy atom. The standard InChI is InChI=1S/C15H22F3N3OS/c1-3-21(9-15(16,17)18)14(22)12-5-4-6-20(7-12)8-13-11(2)19-10-23-13/h10,12H,3-9H2,1-2H3. The second kappa shape index (κ2) is 7.61. The molecule has 0 saturated carbocycles. The summed E-state index contributed by atoms with van der Waals surface area (Å²) in [6, 6.07) is 0. The molecule has 130 valence electrons. The third-order valence-electron chi connectivity index (χ3n) is 4.13. The fourth-order valence-corrected chi connectivity index (χ4v) is 3.72. The zero-order valence-electron chi connectivity index (χ0n) is 13.4. The van der Waals surface area contributed by atoms with E-state index in [1.807, 2.05) is 6.92 Å². The van der Waals surface area contributed by atoms with E-state index in [0.717, 1.165) is 28.4 Å². The molecule has 0 radical (unpaired) electrons. The maximum Gasteiger partial charge on any atom is 0.406 e. The topological polar surface area (TPSA) is 36.4 Å². The first-order chi connectivity index (χ1) is 10.8. The van der Waals surface area contributed by atoms with Crippen molar-refractivity contribution in [3.05, 3.63) is 16.1 Å². The second-order valence-corrected chi connectivity index (χ2v) is 6.84. The van der Waals surface area contributed by atoms with Crippen LogP contribution in [0.25, 0.3) is 0 Å². The Labute approximate surface area is 138 Å². The van der Waals surface area contributed by atoms with Gasteiger partial charge in [-0.1, -0.05) is 0 Å². The van der Waals surface area contributed by atoms with Crippen molar-refractivity contribution in [3.63, 3.8) is 0 Å². The maximum absolute atomic E-state index is 12.6.